The number of aromatic hydroxyl groups is 1. The minimum Gasteiger partial charge on any atom is -0.507 e. The average molecular weight is 312 g/mol. The molecule has 0 bridgehead atoms. The van der Waals surface area contributed by atoms with Gasteiger partial charge in [-0.25, -0.2) is 0 Å². The summed E-state index contributed by atoms with van der Waals surface area (Å²) < 4.78 is 0. The van der Waals surface area contributed by atoms with Crippen LogP contribution in [0.5, 0.6) is 5.75 Å². The molecule has 0 aliphatic carbocycles. The molecule has 0 spiro atoms. The van der Waals surface area contributed by atoms with Crippen LogP contribution in [0, 0.1) is 10.1 Å². The average Bonchev–Trinajstić information content (AvgIpc) is 2.45. The normalized spacial score (nSPS) is 13.2. The largest absolute Gasteiger partial charge is 0.507 e. The highest BCUT2D eigenvalue weighted by Gasteiger charge is 2.26. The van der Waals surface area contributed by atoms with Crippen LogP contribution in [0.25, 0.3) is 0 Å². The smallest absolute Gasteiger partial charge is 0.270 e. The van der Waals surface area contributed by atoms with Crippen molar-refractivity contribution >= 4 is 17.9 Å². The third-order valence-corrected chi connectivity index (χ3v) is 2.99. The van der Waals surface area contributed by atoms with Crippen molar-refractivity contribution in [2.45, 2.75) is 25.6 Å². The molecule has 0 aliphatic heterocycles. The molecule has 9 heteroatoms. The zero-order valence-electron chi connectivity index (χ0n) is 11.7. The van der Waals surface area contributed by atoms with Crippen LogP contribution in [-0.2, 0) is 4.79 Å². The van der Waals surface area contributed by atoms with E-state index in [1.54, 1.807) is 0 Å². The quantitative estimate of drug-likeness (QED) is 0.315. The van der Waals surface area contributed by atoms with Gasteiger partial charge in [0, 0.05) is 31.2 Å². The van der Waals surface area contributed by atoms with Crippen molar-refractivity contribution in [3.05, 3.63) is 33.4 Å². The van der Waals surface area contributed by atoms with Gasteiger partial charge in [0.1, 0.15) is 11.9 Å². The Bertz CT molecular complexity index is 588. The van der Waals surface area contributed by atoms with Crippen molar-refractivity contribution in [2.24, 2.45) is 0 Å². The highest BCUT2D eigenvalue weighted by Crippen LogP contribution is 2.33. The Kier molecular flexibility index (Phi) is 5.96. The molecule has 0 saturated heterocycles. The molecule has 2 unspecified atom stereocenters. The van der Waals surface area contributed by atoms with Crippen LogP contribution in [0.3, 0.4) is 0 Å². The van der Waals surface area contributed by atoms with E-state index in [9.17, 15) is 35.0 Å². The fraction of sp³-hybridized carbons (Fsp3) is 0.385. The van der Waals surface area contributed by atoms with Gasteiger partial charge in [-0.1, -0.05) is 0 Å². The van der Waals surface area contributed by atoms with E-state index in [2.05, 4.69) is 5.32 Å². The first kappa shape index (κ1) is 17.5. The van der Waals surface area contributed by atoms with Gasteiger partial charge in [-0.15, -0.1) is 0 Å². The van der Waals surface area contributed by atoms with Crippen molar-refractivity contribution in [3.8, 4) is 5.75 Å². The summed E-state index contributed by atoms with van der Waals surface area (Å²) in [6.07, 6.45) is -2.87. The third kappa shape index (κ3) is 4.24. The minimum atomic E-state index is -1.65. The summed E-state index contributed by atoms with van der Waals surface area (Å²) in [4.78, 5) is 31.5. The molecule has 0 aromatic heterocycles. The number of aliphatic hydroxyl groups is 2. The molecule has 1 amide bonds. The van der Waals surface area contributed by atoms with Gasteiger partial charge in [0.2, 0.25) is 5.91 Å². The molecule has 1 rings (SSSR count). The van der Waals surface area contributed by atoms with E-state index in [4.69, 9.17) is 0 Å². The summed E-state index contributed by atoms with van der Waals surface area (Å²) in [7, 11) is 0. The molecular weight excluding hydrogens is 296 g/mol. The maximum Gasteiger partial charge on any atom is 0.270 e. The minimum absolute atomic E-state index is 0.0424. The fourth-order valence-electron chi connectivity index (χ4n) is 1.85. The number of aldehydes is 1. The van der Waals surface area contributed by atoms with Crippen LogP contribution in [0.15, 0.2) is 12.1 Å². The van der Waals surface area contributed by atoms with Crippen LogP contribution in [0.2, 0.25) is 0 Å². The standard InChI is InChI=1S/C13H16N2O7/c1-7(17)14-3-2-11(18)13(20)10-5-9(15(21)22)4-8(6-16)12(10)19/h4-6,11,13,18-20H,2-3H2,1H3,(H,14,17). The summed E-state index contributed by atoms with van der Waals surface area (Å²) in [5, 5.41) is 42.9. The van der Waals surface area contributed by atoms with E-state index in [0.29, 0.717) is 0 Å². The van der Waals surface area contributed by atoms with Crippen molar-refractivity contribution in [3.63, 3.8) is 0 Å². The summed E-state index contributed by atoms with van der Waals surface area (Å²) in [6.45, 7) is 1.36. The number of nitro groups is 1. The lowest BCUT2D eigenvalue weighted by Gasteiger charge is -2.19. The van der Waals surface area contributed by atoms with Gasteiger partial charge in [-0.05, 0) is 6.42 Å². The van der Waals surface area contributed by atoms with Gasteiger partial charge in [0.05, 0.1) is 16.6 Å². The molecular formula is C13H16N2O7. The number of nitro benzene ring substituents is 1. The summed E-state index contributed by atoms with van der Waals surface area (Å²) in [6, 6.07) is 1.75. The van der Waals surface area contributed by atoms with Gasteiger partial charge in [-0.2, -0.15) is 0 Å². The highest BCUT2D eigenvalue weighted by molar-refractivity contribution is 5.81. The molecule has 4 N–H and O–H groups in total. The number of non-ortho nitro benzene ring substituents is 1. The van der Waals surface area contributed by atoms with Gasteiger partial charge < -0.3 is 20.6 Å². The Morgan fingerprint density at radius 2 is 2.09 bits per heavy atom. The number of hydrogen-bond acceptors (Lipinski definition) is 7. The molecule has 22 heavy (non-hydrogen) atoms. The zero-order chi connectivity index (χ0) is 16.9. The zero-order valence-corrected chi connectivity index (χ0v) is 11.7. The van der Waals surface area contributed by atoms with Gasteiger partial charge >= 0.3 is 0 Å². The first-order valence-electron chi connectivity index (χ1n) is 6.35. The second kappa shape index (κ2) is 7.48. The topological polar surface area (TPSA) is 150 Å². The number of nitrogens with zero attached hydrogens (tertiary/aromatic N) is 1. The summed E-state index contributed by atoms with van der Waals surface area (Å²) in [5.74, 6) is -0.949. The molecule has 0 saturated carbocycles. The maximum absolute atomic E-state index is 10.8. The number of aliphatic hydroxyl groups excluding tert-OH is 2. The molecule has 120 valence electrons. The van der Waals surface area contributed by atoms with Gasteiger partial charge in [-0.3, -0.25) is 19.7 Å². The number of phenols is 1. The maximum atomic E-state index is 10.8. The lowest BCUT2D eigenvalue weighted by Crippen LogP contribution is -2.27. The highest BCUT2D eigenvalue weighted by atomic mass is 16.6. The first-order chi connectivity index (χ1) is 10.3. The Hall–Kier alpha value is -2.52. The van der Waals surface area contributed by atoms with Gasteiger partial charge in [0.15, 0.2) is 6.29 Å². The molecule has 0 aliphatic rings. The van der Waals surface area contributed by atoms with E-state index in [-0.39, 0.29) is 36.3 Å². The third-order valence-electron chi connectivity index (χ3n) is 2.99. The number of phenolic OH excluding ortho intramolecular Hbond substituents is 1. The second-order valence-corrected chi connectivity index (χ2v) is 4.63. The Morgan fingerprint density at radius 1 is 1.45 bits per heavy atom. The first-order valence-corrected chi connectivity index (χ1v) is 6.35. The summed E-state index contributed by atoms with van der Waals surface area (Å²) in [5.41, 5.74) is -1.19. The van der Waals surface area contributed by atoms with E-state index >= 15 is 0 Å². The van der Waals surface area contributed by atoms with Crippen molar-refractivity contribution in [1.29, 1.82) is 0 Å². The molecule has 0 radical (unpaired) electrons. The number of rotatable bonds is 7. The Labute approximate surface area is 125 Å². The second-order valence-electron chi connectivity index (χ2n) is 4.63. The molecule has 1 aromatic carbocycles. The number of hydrogen-bond donors (Lipinski definition) is 4. The van der Waals surface area contributed by atoms with Crippen molar-refractivity contribution in [2.75, 3.05) is 6.54 Å². The van der Waals surface area contributed by atoms with Crippen LogP contribution < -0.4 is 5.32 Å². The van der Waals surface area contributed by atoms with E-state index in [1.807, 2.05) is 0 Å². The van der Waals surface area contributed by atoms with Crippen molar-refractivity contribution in [1.82, 2.24) is 5.32 Å². The molecule has 2 atom stereocenters. The van der Waals surface area contributed by atoms with E-state index < -0.39 is 28.6 Å². The molecule has 0 fully saturated rings. The van der Waals surface area contributed by atoms with E-state index in [0.717, 1.165) is 12.1 Å². The Morgan fingerprint density at radius 3 is 2.59 bits per heavy atom. The predicted molar refractivity (Wildman–Crippen MR) is 74.4 cm³/mol. The lowest BCUT2D eigenvalue weighted by molar-refractivity contribution is -0.385. The number of amides is 1. The Balaban J connectivity index is 3.02. The molecule has 9 nitrogen and oxygen atoms in total. The van der Waals surface area contributed by atoms with Crippen LogP contribution in [0.4, 0.5) is 5.69 Å². The number of carbonyl (C=O) groups is 2. The molecule has 0 heterocycles. The van der Waals surface area contributed by atoms with Crippen LogP contribution in [0.1, 0.15) is 35.4 Å². The van der Waals surface area contributed by atoms with E-state index in [1.165, 1.54) is 6.92 Å². The monoisotopic (exact) mass is 312 g/mol. The predicted octanol–water partition coefficient (Wildman–Crippen LogP) is 0.0334. The number of nitrogens with one attached hydrogen (secondary N) is 1. The summed E-state index contributed by atoms with van der Waals surface area (Å²) >= 11 is 0. The number of benzene rings is 1. The van der Waals surface area contributed by atoms with Gasteiger partial charge in [0.25, 0.3) is 5.69 Å². The lowest BCUT2D eigenvalue weighted by atomic mass is 9.98. The fourth-order valence-corrected chi connectivity index (χ4v) is 1.85. The SMILES string of the molecule is CC(=O)NCCC(O)C(O)c1cc([N+](=O)[O-])cc(C=O)c1O. The van der Waals surface area contributed by atoms with Crippen molar-refractivity contribution < 1.29 is 29.8 Å². The number of carbonyl (C=O) groups excluding carboxylic acids is 2. The molecule has 1 aromatic rings. The van der Waals surface area contributed by atoms with Crippen LogP contribution >= 0.6 is 0 Å². The van der Waals surface area contributed by atoms with Crippen LogP contribution in [-0.4, -0.2) is 45.1 Å².